The molecule has 1 unspecified atom stereocenters. The van der Waals surface area contributed by atoms with E-state index in [1.165, 1.54) is 31.9 Å². The lowest BCUT2D eigenvalue weighted by Crippen LogP contribution is -2.50. The third kappa shape index (κ3) is 16.1. The third-order valence-corrected chi connectivity index (χ3v) is 21.8. The molecule has 1 aromatic heterocycles. The summed E-state index contributed by atoms with van der Waals surface area (Å²) in [5, 5.41) is 26.6. The Bertz CT molecular complexity index is 4680. The summed E-state index contributed by atoms with van der Waals surface area (Å²) in [6.45, 7) is 11.7. The van der Waals surface area contributed by atoms with Crippen LogP contribution in [0.3, 0.4) is 0 Å². The molecule has 108 heavy (non-hydrogen) atoms. The van der Waals surface area contributed by atoms with Gasteiger partial charge in [-0.25, -0.2) is 14.4 Å². The summed E-state index contributed by atoms with van der Waals surface area (Å²) < 4.78 is 32.0. The van der Waals surface area contributed by atoms with Crippen LogP contribution in [0.4, 0.5) is 16.2 Å². The van der Waals surface area contributed by atoms with Gasteiger partial charge in [-0.05, 0) is 135 Å². The van der Waals surface area contributed by atoms with Crippen LogP contribution in [0.5, 0.6) is 23.0 Å². The van der Waals surface area contributed by atoms with Crippen LogP contribution in [-0.4, -0.2) is 148 Å². The van der Waals surface area contributed by atoms with Gasteiger partial charge in [0.15, 0.2) is 40.8 Å². The van der Waals surface area contributed by atoms with E-state index in [1.54, 1.807) is 60.9 Å². The summed E-state index contributed by atoms with van der Waals surface area (Å²) in [7, 11) is 2.99. The summed E-state index contributed by atoms with van der Waals surface area (Å²) in [5.74, 6) is -2.50. The molecule has 564 valence electrons. The second kappa shape index (κ2) is 32.2. The fourth-order valence-electron chi connectivity index (χ4n) is 15.3. The number of aromatic nitrogens is 3. The first-order chi connectivity index (χ1) is 52.0. The van der Waals surface area contributed by atoms with Crippen molar-refractivity contribution in [2.24, 2.45) is 17.3 Å². The minimum atomic E-state index is -1.48. The molecule has 1 saturated carbocycles. The molecule has 13 rings (SSSR count). The number of methoxy groups -OCH3 is 2. The molecule has 6 aliphatic rings. The zero-order valence-electron chi connectivity index (χ0n) is 62.4. The zero-order valence-corrected chi connectivity index (χ0v) is 62.4. The number of ether oxygens (including phenoxy) is 5. The molecule has 6 amide bonds. The smallest absolute Gasteiger partial charge is 0.416 e. The molecule has 0 radical (unpaired) electrons. The van der Waals surface area contributed by atoms with Crippen LogP contribution in [0.1, 0.15) is 165 Å². The van der Waals surface area contributed by atoms with Crippen molar-refractivity contribution in [1.82, 2.24) is 35.4 Å². The topological polar surface area (TPSA) is 288 Å². The average molecular weight is 1470 g/mol. The van der Waals surface area contributed by atoms with E-state index < -0.39 is 47.9 Å². The minimum Gasteiger partial charge on any atom is -0.493 e. The number of ketones is 3. The number of amides is 6. The van der Waals surface area contributed by atoms with Crippen LogP contribution >= 0.6 is 0 Å². The summed E-state index contributed by atoms with van der Waals surface area (Å²) in [6, 6.07) is 35.6. The van der Waals surface area contributed by atoms with Gasteiger partial charge >= 0.3 is 6.09 Å². The number of fused-ring (bicyclic) bond motifs is 9. The molecule has 1 aliphatic carbocycles. The van der Waals surface area contributed by atoms with E-state index in [9.17, 15) is 48.3 Å². The number of nitrogens with one attached hydrogen (secondary N) is 2. The number of carbonyl (C=O) groups excluding carboxylic acids is 9. The highest BCUT2D eigenvalue weighted by Crippen LogP contribution is 2.57. The van der Waals surface area contributed by atoms with Gasteiger partial charge < -0.3 is 54.1 Å². The van der Waals surface area contributed by atoms with Gasteiger partial charge in [0.2, 0.25) is 17.7 Å². The summed E-state index contributed by atoms with van der Waals surface area (Å²) in [4.78, 5) is 130. The number of benzene rings is 6. The van der Waals surface area contributed by atoms with Gasteiger partial charge in [-0.15, -0.1) is 5.10 Å². The number of aliphatic hydroxyl groups is 1. The van der Waals surface area contributed by atoms with Crippen molar-refractivity contribution in [2.45, 2.75) is 169 Å². The minimum absolute atomic E-state index is 0.0317. The Hall–Kier alpha value is -11.0. The van der Waals surface area contributed by atoms with E-state index in [0.717, 1.165) is 69.7 Å². The quantitative estimate of drug-likeness (QED) is 0.0384. The van der Waals surface area contributed by atoms with E-state index in [-0.39, 0.29) is 147 Å². The molecule has 5 atom stereocenters. The maximum atomic E-state index is 14.5. The summed E-state index contributed by atoms with van der Waals surface area (Å²) in [6.07, 6.45) is 3.71. The monoisotopic (exact) mass is 1470 g/mol. The van der Waals surface area contributed by atoms with Crippen LogP contribution < -0.4 is 39.4 Å². The molecule has 2 fully saturated rings. The fourth-order valence-corrected chi connectivity index (χ4v) is 15.3. The van der Waals surface area contributed by atoms with Crippen LogP contribution in [0.2, 0.25) is 0 Å². The molecular formula is C84H93N9O15. The van der Waals surface area contributed by atoms with Crippen LogP contribution in [-0.2, 0) is 59.5 Å². The molecule has 1 spiro atoms. The maximum Gasteiger partial charge on any atom is 0.416 e. The second-order valence-corrected chi connectivity index (χ2v) is 30.0. The predicted octanol–water partition coefficient (Wildman–Crippen LogP) is 11.7. The number of rotatable bonds is 28. The number of Topliss-reactive ketones (excluding diaryl/α,β-unsaturated/α-hetero) is 3. The Kier molecular flexibility index (Phi) is 22.4. The standard InChI is InChI=1S/C84H93N9O15/c1-49(2)64(39-61(95)44-85-75(97)30-28-60(94)29-31-76(98)90-45-57-14-9-10-15-62(57)78-77(87-88-93(78)50(3)4)63-16-11-12-17-67(63)90)79(99)86-52(6)70(96)36-53-20-22-54(23-21-53)47-108-83(103)92-68-42-74(72(105-8)41-66(68)81(101)91-48-84(32-33-84)43-69(91)82(92)102)107-35-13-34-106-73-38-56-26-27-59-37-58(55-24-18-51(5)19-25-55)46-89(59)80(100)65(56)40-71(73)104-7/h9-12,14-25,38,40-42,46,49-50,52,59,64,69,82,102H,13,26-37,39,43-45,47-48H2,1-8H3,(H,85,97)(H,86,99)/t52-,59+,64-,69-,82?/m0/s1. The first-order valence-electron chi connectivity index (χ1n) is 37.4. The van der Waals surface area contributed by atoms with Crippen molar-refractivity contribution >= 4 is 69.9 Å². The second-order valence-electron chi connectivity index (χ2n) is 30.0. The molecule has 5 aliphatic heterocycles. The molecule has 1 saturated heterocycles. The number of nitrogens with zero attached hydrogens (tertiary/aromatic N) is 7. The third-order valence-electron chi connectivity index (χ3n) is 21.8. The summed E-state index contributed by atoms with van der Waals surface area (Å²) in [5.41, 5.74) is 10.9. The Morgan fingerprint density at radius 3 is 2.08 bits per heavy atom. The van der Waals surface area contributed by atoms with Gasteiger partial charge in [0, 0.05) is 98.4 Å². The van der Waals surface area contributed by atoms with Crippen molar-refractivity contribution in [3.8, 4) is 45.5 Å². The number of hydrogen-bond donors (Lipinski definition) is 3. The van der Waals surface area contributed by atoms with Crippen molar-refractivity contribution in [3.63, 3.8) is 0 Å². The highest BCUT2D eigenvalue weighted by molar-refractivity contribution is 6.07. The summed E-state index contributed by atoms with van der Waals surface area (Å²) >= 11 is 0. The van der Waals surface area contributed by atoms with Gasteiger partial charge in [0.1, 0.15) is 18.1 Å². The molecule has 7 aromatic rings. The number of anilines is 2. The Balaban J connectivity index is 0.569. The highest BCUT2D eigenvalue weighted by Gasteiger charge is 2.58. The predicted molar refractivity (Wildman–Crippen MR) is 403 cm³/mol. The lowest BCUT2D eigenvalue weighted by Gasteiger charge is -2.31. The van der Waals surface area contributed by atoms with Gasteiger partial charge in [-0.1, -0.05) is 116 Å². The van der Waals surface area contributed by atoms with E-state index in [1.807, 2.05) is 84.2 Å². The van der Waals surface area contributed by atoms with E-state index in [4.69, 9.17) is 23.7 Å². The lowest BCUT2D eigenvalue weighted by atomic mass is 9.89. The number of aliphatic hydroxyl groups excluding tert-OH is 1. The molecule has 6 aromatic carbocycles. The molecule has 0 bridgehead atoms. The van der Waals surface area contributed by atoms with Crippen LogP contribution in [0.25, 0.3) is 28.1 Å². The normalized spacial score (nSPS) is 17.8. The first-order valence-corrected chi connectivity index (χ1v) is 37.4. The number of para-hydroxylation sites is 1. The molecule has 24 nitrogen and oxygen atoms in total. The van der Waals surface area contributed by atoms with Gasteiger partial charge in [-0.3, -0.25) is 38.4 Å². The van der Waals surface area contributed by atoms with Crippen LogP contribution in [0, 0.1) is 24.2 Å². The molecule has 3 N–H and O–H groups in total. The average Bonchev–Trinajstić information content (AvgIpc) is 1.56. The zero-order chi connectivity index (χ0) is 76.2. The van der Waals surface area contributed by atoms with Crippen molar-refractivity contribution in [1.29, 1.82) is 0 Å². The van der Waals surface area contributed by atoms with Gasteiger partial charge in [-0.2, -0.15) is 0 Å². The molecule has 6 heterocycles. The van der Waals surface area contributed by atoms with Crippen molar-refractivity contribution in [3.05, 3.63) is 172 Å². The van der Waals surface area contributed by atoms with E-state index in [2.05, 4.69) is 52.1 Å². The molecular weight excluding hydrogens is 1370 g/mol. The SMILES string of the molecule is COc1cc2c(cc1OCCCOc1cc3c(cc1OC)C(=O)N1CC4(CC4)C[C@H]1C(O)N3C(=O)OCc1ccc(CC(=O)[C@H](C)NC(=O)[C@@H](CC(=O)CNC(=O)CCC(=O)CCC(=O)N3Cc4ccccc4-c4c(nnn4C(C)C)-c4ccccc43)C(C)C)cc1)CC[C@@H]1CC(c3ccc(C)cc3)=CN1C2=O. The number of aryl methyl sites for hydroxylation is 2. The Morgan fingerprint density at radius 2 is 1.38 bits per heavy atom. The lowest BCUT2D eigenvalue weighted by molar-refractivity contribution is -0.133. The number of hydrogen-bond acceptors (Lipinski definition) is 17. The first kappa shape index (κ1) is 75.2. The maximum absolute atomic E-state index is 14.5. The van der Waals surface area contributed by atoms with E-state index >= 15 is 0 Å². The van der Waals surface area contributed by atoms with Gasteiger partial charge in [0.05, 0.1) is 75.2 Å². The fraction of sp³-hybridized carbons (Fsp3) is 0.417. The van der Waals surface area contributed by atoms with Crippen molar-refractivity contribution in [2.75, 3.05) is 50.3 Å². The largest absolute Gasteiger partial charge is 0.493 e. The van der Waals surface area contributed by atoms with E-state index in [0.29, 0.717) is 65.4 Å². The van der Waals surface area contributed by atoms with Crippen molar-refractivity contribution < 1.29 is 71.9 Å². The highest BCUT2D eigenvalue weighted by atomic mass is 16.6. The molecule has 24 heteroatoms. The Morgan fingerprint density at radius 1 is 0.704 bits per heavy atom. The van der Waals surface area contributed by atoms with Gasteiger partial charge in [0.25, 0.3) is 11.8 Å². The number of carbonyl (C=O) groups is 9. The Labute approximate surface area is 628 Å². The van der Waals surface area contributed by atoms with Crippen LogP contribution in [0.15, 0.2) is 128 Å².